The fourth-order valence-electron chi connectivity index (χ4n) is 3.53. The van der Waals surface area contributed by atoms with Crippen molar-refractivity contribution in [2.45, 2.75) is 57.4 Å². The molecule has 114 valence electrons. The van der Waals surface area contributed by atoms with E-state index in [-0.39, 0.29) is 6.03 Å². The summed E-state index contributed by atoms with van der Waals surface area (Å²) >= 11 is 0. The lowest BCUT2D eigenvalue weighted by molar-refractivity contribution is -0.147. The predicted molar refractivity (Wildman–Crippen MR) is 76.6 cm³/mol. The first-order valence-corrected chi connectivity index (χ1v) is 7.71. The summed E-state index contributed by atoms with van der Waals surface area (Å²) in [4.78, 5) is 27.2. The van der Waals surface area contributed by atoms with Crippen molar-refractivity contribution in [2.75, 3.05) is 20.1 Å². The minimum absolute atomic E-state index is 0.127. The smallest absolute Gasteiger partial charge is 0.329 e. The van der Waals surface area contributed by atoms with Gasteiger partial charge in [-0.1, -0.05) is 19.3 Å². The molecular formula is C15H26N2O3. The van der Waals surface area contributed by atoms with Crippen LogP contribution in [0.2, 0.25) is 0 Å². The van der Waals surface area contributed by atoms with Crippen molar-refractivity contribution in [1.29, 1.82) is 0 Å². The molecule has 1 heterocycles. The van der Waals surface area contributed by atoms with E-state index in [0.29, 0.717) is 18.9 Å². The van der Waals surface area contributed by atoms with E-state index < -0.39 is 11.5 Å². The van der Waals surface area contributed by atoms with E-state index in [4.69, 9.17) is 0 Å². The van der Waals surface area contributed by atoms with Gasteiger partial charge in [0.25, 0.3) is 0 Å². The number of carbonyl (C=O) groups excluding carboxylic acids is 1. The third-order valence-electron chi connectivity index (χ3n) is 4.92. The second kappa shape index (κ2) is 6.02. The van der Waals surface area contributed by atoms with Gasteiger partial charge in [-0.25, -0.2) is 9.59 Å². The molecule has 20 heavy (non-hydrogen) atoms. The second-order valence-corrected chi connectivity index (χ2v) is 6.50. The lowest BCUT2D eigenvalue weighted by atomic mass is 9.89. The van der Waals surface area contributed by atoms with Crippen LogP contribution in [0.5, 0.6) is 0 Å². The number of likely N-dealkylation sites (tertiary alicyclic amines) is 1. The molecule has 2 amide bonds. The molecule has 1 unspecified atom stereocenters. The van der Waals surface area contributed by atoms with Crippen molar-refractivity contribution in [3.05, 3.63) is 0 Å². The molecule has 0 radical (unpaired) electrons. The Balaban J connectivity index is 1.97. The highest BCUT2D eigenvalue weighted by Crippen LogP contribution is 2.31. The summed E-state index contributed by atoms with van der Waals surface area (Å²) in [6.45, 7) is 2.97. The number of carboxylic acids is 1. The summed E-state index contributed by atoms with van der Waals surface area (Å²) in [7, 11) is 1.80. The highest BCUT2D eigenvalue weighted by atomic mass is 16.4. The first-order chi connectivity index (χ1) is 9.45. The van der Waals surface area contributed by atoms with E-state index in [2.05, 4.69) is 0 Å². The van der Waals surface area contributed by atoms with E-state index >= 15 is 0 Å². The average molecular weight is 282 g/mol. The van der Waals surface area contributed by atoms with Crippen molar-refractivity contribution in [2.24, 2.45) is 5.92 Å². The van der Waals surface area contributed by atoms with Crippen molar-refractivity contribution in [3.8, 4) is 0 Å². The van der Waals surface area contributed by atoms with Gasteiger partial charge >= 0.3 is 12.0 Å². The van der Waals surface area contributed by atoms with Gasteiger partial charge in [0.2, 0.25) is 0 Å². The van der Waals surface area contributed by atoms with Crippen molar-refractivity contribution in [1.82, 2.24) is 9.80 Å². The Hall–Kier alpha value is -1.26. The topological polar surface area (TPSA) is 60.9 Å². The molecule has 1 aliphatic heterocycles. The number of hydrogen-bond acceptors (Lipinski definition) is 2. The van der Waals surface area contributed by atoms with E-state index in [9.17, 15) is 14.7 Å². The summed E-state index contributed by atoms with van der Waals surface area (Å²) < 4.78 is 0. The molecule has 0 aromatic carbocycles. The SMILES string of the molecule is CN(CC1CCCCC1)C(=O)N1CCCC1(C)C(=O)O. The van der Waals surface area contributed by atoms with Crippen molar-refractivity contribution >= 4 is 12.0 Å². The fraction of sp³-hybridized carbons (Fsp3) is 0.867. The van der Waals surface area contributed by atoms with Crippen molar-refractivity contribution in [3.63, 3.8) is 0 Å². The number of urea groups is 1. The zero-order chi connectivity index (χ0) is 14.8. The van der Waals surface area contributed by atoms with Gasteiger partial charge in [-0.2, -0.15) is 0 Å². The third-order valence-corrected chi connectivity index (χ3v) is 4.92. The number of hydrogen-bond donors (Lipinski definition) is 1. The predicted octanol–water partition coefficient (Wildman–Crippen LogP) is 2.56. The van der Waals surface area contributed by atoms with Crippen LogP contribution in [-0.2, 0) is 4.79 Å². The Morgan fingerprint density at radius 3 is 2.50 bits per heavy atom. The van der Waals surface area contributed by atoms with E-state index in [1.165, 1.54) is 37.0 Å². The molecule has 1 N–H and O–H groups in total. The standard InChI is InChI=1S/C15H26N2O3/c1-15(13(18)19)9-6-10-17(15)14(20)16(2)11-12-7-4-3-5-8-12/h12H,3-11H2,1-2H3,(H,18,19). The molecule has 0 aromatic rings. The van der Waals surface area contributed by atoms with Crippen LogP contribution in [0.4, 0.5) is 4.79 Å². The molecule has 5 heteroatoms. The molecule has 0 bridgehead atoms. The first kappa shape index (κ1) is 15.1. The maximum Gasteiger partial charge on any atom is 0.329 e. The number of nitrogens with zero attached hydrogens (tertiary/aromatic N) is 2. The number of carboxylic acid groups (broad SMARTS) is 1. The van der Waals surface area contributed by atoms with E-state index in [0.717, 1.165) is 13.0 Å². The molecule has 0 spiro atoms. The van der Waals surface area contributed by atoms with Gasteiger partial charge in [0, 0.05) is 20.1 Å². The van der Waals surface area contributed by atoms with Crippen LogP contribution in [0.3, 0.4) is 0 Å². The molecule has 1 atom stereocenters. The monoisotopic (exact) mass is 282 g/mol. The third kappa shape index (κ3) is 2.91. The summed E-state index contributed by atoms with van der Waals surface area (Å²) in [5.41, 5.74) is -1.03. The quantitative estimate of drug-likeness (QED) is 0.865. The van der Waals surface area contributed by atoms with Gasteiger partial charge in [0.05, 0.1) is 0 Å². The number of rotatable bonds is 3. The molecule has 0 aromatic heterocycles. The summed E-state index contributed by atoms with van der Waals surface area (Å²) in [5.74, 6) is -0.314. The van der Waals surface area contributed by atoms with Gasteiger partial charge in [0.15, 0.2) is 0 Å². The van der Waals surface area contributed by atoms with Gasteiger partial charge in [0.1, 0.15) is 5.54 Å². The van der Waals surface area contributed by atoms with E-state index in [1.807, 2.05) is 0 Å². The summed E-state index contributed by atoms with van der Waals surface area (Å²) in [6, 6.07) is -0.127. The van der Waals surface area contributed by atoms with Gasteiger partial charge in [-0.3, -0.25) is 0 Å². The minimum Gasteiger partial charge on any atom is -0.480 e. The van der Waals surface area contributed by atoms with Crippen molar-refractivity contribution < 1.29 is 14.7 Å². The molecule has 5 nitrogen and oxygen atoms in total. The lowest BCUT2D eigenvalue weighted by Gasteiger charge is -2.36. The Morgan fingerprint density at radius 2 is 1.90 bits per heavy atom. The lowest BCUT2D eigenvalue weighted by Crippen LogP contribution is -2.55. The molecule has 1 saturated heterocycles. The summed E-state index contributed by atoms with van der Waals surface area (Å²) in [5, 5.41) is 9.38. The van der Waals surface area contributed by atoms with Gasteiger partial charge < -0.3 is 14.9 Å². The molecule has 1 saturated carbocycles. The van der Waals surface area contributed by atoms with Crippen LogP contribution in [0, 0.1) is 5.92 Å². The Labute approximate surface area is 120 Å². The van der Waals surface area contributed by atoms with Crippen LogP contribution in [0.25, 0.3) is 0 Å². The normalized spacial score (nSPS) is 27.6. The molecule has 2 fully saturated rings. The van der Waals surface area contributed by atoms with Crippen LogP contribution in [0.1, 0.15) is 51.9 Å². The number of amides is 2. The number of carbonyl (C=O) groups is 2. The molecule has 1 aliphatic carbocycles. The minimum atomic E-state index is -1.03. The zero-order valence-electron chi connectivity index (χ0n) is 12.6. The second-order valence-electron chi connectivity index (χ2n) is 6.50. The average Bonchev–Trinajstić information content (AvgIpc) is 2.82. The zero-order valence-corrected chi connectivity index (χ0v) is 12.6. The molecule has 2 rings (SSSR count). The number of aliphatic carboxylic acids is 1. The Bertz CT molecular complexity index is 379. The maximum absolute atomic E-state index is 12.5. The van der Waals surface area contributed by atoms with Gasteiger partial charge in [-0.15, -0.1) is 0 Å². The maximum atomic E-state index is 12.5. The van der Waals surface area contributed by atoms with Crippen LogP contribution < -0.4 is 0 Å². The molecule has 2 aliphatic rings. The Kier molecular flexibility index (Phi) is 4.55. The molecular weight excluding hydrogens is 256 g/mol. The summed E-state index contributed by atoms with van der Waals surface area (Å²) in [6.07, 6.45) is 7.50. The van der Waals surface area contributed by atoms with Crippen LogP contribution in [0.15, 0.2) is 0 Å². The van der Waals surface area contributed by atoms with E-state index in [1.54, 1.807) is 18.9 Å². The Morgan fingerprint density at radius 1 is 1.25 bits per heavy atom. The largest absolute Gasteiger partial charge is 0.480 e. The first-order valence-electron chi connectivity index (χ1n) is 7.71. The highest BCUT2D eigenvalue weighted by Gasteiger charge is 2.46. The fourth-order valence-corrected chi connectivity index (χ4v) is 3.53. The van der Waals surface area contributed by atoms with Gasteiger partial charge in [-0.05, 0) is 38.5 Å². The van der Waals surface area contributed by atoms with Crippen LogP contribution in [-0.4, -0.2) is 52.6 Å². The highest BCUT2D eigenvalue weighted by molar-refractivity contribution is 5.86. The van der Waals surface area contributed by atoms with Crippen LogP contribution >= 0.6 is 0 Å².